The first-order valence-corrected chi connectivity index (χ1v) is 3.30. The second kappa shape index (κ2) is 4.50. The summed E-state index contributed by atoms with van der Waals surface area (Å²) in [5.74, 6) is 0.122. The molecule has 0 fully saturated rings. The Labute approximate surface area is 60.5 Å². The second-order valence-corrected chi connectivity index (χ2v) is 2.20. The van der Waals surface area contributed by atoms with Crippen molar-refractivity contribution < 1.29 is 5.21 Å². The molecule has 0 saturated carbocycles. The van der Waals surface area contributed by atoms with Crippen molar-refractivity contribution in [2.24, 2.45) is 11.1 Å². The average Bonchev–Trinajstić information content (AvgIpc) is 1.90. The third-order valence-electron chi connectivity index (χ3n) is 1.27. The van der Waals surface area contributed by atoms with E-state index in [2.05, 4.69) is 12.1 Å². The minimum atomic E-state index is 0.122. The van der Waals surface area contributed by atoms with Crippen molar-refractivity contribution in [1.29, 1.82) is 0 Å². The lowest BCUT2D eigenvalue weighted by molar-refractivity contribution is 0.316. The molecule has 9 heavy (non-hydrogen) atoms. The third kappa shape index (κ3) is 2.61. The van der Waals surface area contributed by atoms with Crippen LogP contribution in [0, 0.1) is 12.8 Å². The number of rotatable bonds is 3. The number of halogens is 1. The SMILES string of the molecule is [CH2+]CC(CC)/C(Cl)=N/O. The molecule has 0 aliphatic rings. The standard InChI is InChI=1S/C6H10ClNO/c1-3-5(4-2)6(7)8-9/h5H,1,3-4H2,2H3/p+1/b8-6-. The Morgan fingerprint density at radius 2 is 2.44 bits per heavy atom. The molecule has 3 heteroatoms. The van der Waals surface area contributed by atoms with Gasteiger partial charge < -0.3 is 5.21 Å². The van der Waals surface area contributed by atoms with Crippen LogP contribution in [0.25, 0.3) is 0 Å². The fourth-order valence-electron chi connectivity index (χ4n) is 0.573. The summed E-state index contributed by atoms with van der Waals surface area (Å²) < 4.78 is 0. The zero-order valence-corrected chi connectivity index (χ0v) is 6.23. The summed E-state index contributed by atoms with van der Waals surface area (Å²) in [4.78, 5) is 0. The van der Waals surface area contributed by atoms with E-state index in [4.69, 9.17) is 16.8 Å². The van der Waals surface area contributed by atoms with E-state index in [-0.39, 0.29) is 11.1 Å². The van der Waals surface area contributed by atoms with E-state index in [1.807, 2.05) is 6.92 Å². The van der Waals surface area contributed by atoms with Gasteiger partial charge in [0.2, 0.25) is 0 Å². The molecule has 0 radical (unpaired) electrons. The lowest BCUT2D eigenvalue weighted by Gasteiger charge is -2.02. The predicted octanol–water partition coefficient (Wildman–Crippen LogP) is 2.26. The van der Waals surface area contributed by atoms with E-state index in [9.17, 15) is 0 Å². The third-order valence-corrected chi connectivity index (χ3v) is 1.66. The summed E-state index contributed by atoms with van der Waals surface area (Å²) in [5.41, 5.74) is 0. The molecule has 0 aromatic heterocycles. The highest BCUT2D eigenvalue weighted by molar-refractivity contribution is 6.65. The van der Waals surface area contributed by atoms with Gasteiger partial charge in [-0.25, -0.2) is 0 Å². The van der Waals surface area contributed by atoms with Gasteiger partial charge in [-0.15, -0.1) is 0 Å². The lowest BCUT2D eigenvalue weighted by Crippen LogP contribution is -2.05. The summed E-state index contributed by atoms with van der Waals surface area (Å²) in [5, 5.41) is 11.3. The van der Waals surface area contributed by atoms with Crippen LogP contribution in [0.2, 0.25) is 0 Å². The highest BCUT2D eigenvalue weighted by Crippen LogP contribution is 2.11. The molecule has 0 aromatic rings. The fourth-order valence-corrected chi connectivity index (χ4v) is 0.837. The first-order chi connectivity index (χ1) is 4.26. The zero-order valence-electron chi connectivity index (χ0n) is 5.47. The highest BCUT2D eigenvalue weighted by Gasteiger charge is 2.12. The molecule has 0 amide bonds. The zero-order chi connectivity index (χ0) is 7.28. The fraction of sp³-hybridized carbons (Fsp3) is 0.667. The van der Waals surface area contributed by atoms with Crippen LogP contribution in [0.4, 0.5) is 0 Å². The molecule has 0 aliphatic carbocycles. The van der Waals surface area contributed by atoms with E-state index in [0.29, 0.717) is 6.42 Å². The summed E-state index contributed by atoms with van der Waals surface area (Å²) in [7, 11) is 0. The van der Waals surface area contributed by atoms with Gasteiger partial charge in [-0.05, 0) is 6.42 Å². The van der Waals surface area contributed by atoms with Gasteiger partial charge in [-0.2, -0.15) is 0 Å². The molecule has 1 unspecified atom stereocenters. The summed E-state index contributed by atoms with van der Waals surface area (Å²) in [6, 6.07) is 0. The van der Waals surface area contributed by atoms with Crippen LogP contribution >= 0.6 is 11.6 Å². The number of hydrogen-bond acceptors (Lipinski definition) is 2. The smallest absolute Gasteiger partial charge is 0.152 e. The predicted molar refractivity (Wildman–Crippen MR) is 38.8 cm³/mol. The van der Waals surface area contributed by atoms with Crippen molar-refractivity contribution in [3.05, 3.63) is 6.92 Å². The Morgan fingerprint density at radius 1 is 1.89 bits per heavy atom. The van der Waals surface area contributed by atoms with Crippen LogP contribution in [-0.2, 0) is 0 Å². The molecule has 1 N–H and O–H groups in total. The monoisotopic (exact) mass is 148 g/mol. The van der Waals surface area contributed by atoms with Gasteiger partial charge >= 0.3 is 0 Å². The van der Waals surface area contributed by atoms with E-state index in [1.54, 1.807) is 0 Å². The second-order valence-electron chi connectivity index (χ2n) is 1.82. The molecule has 52 valence electrons. The van der Waals surface area contributed by atoms with Crippen molar-refractivity contribution in [2.45, 2.75) is 19.8 Å². The largest absolute Gasteiger partial charge is 0.410 e. The van der Waals surface area contributed by atoms with E-state index < -0.39 is 0 Å². The molecule has 0 spiro atoms. The van der Waals surface area contributed by atoms with Crippen LogP contribution in [0.3, 0.4) is 0 Å². The van der Waals surface area contributed by atoms with Gasteiger partial charge in [-0.3, -0.25) is 0 Å². The van der Waals surface area contributed by atoms with Gasteiger partial charge in [-0.1, -0.05) is 23.7 Å². The van der Waals surface area contributed by atoms with Crippen molar-refractivity contribution in [3.8, 4) is 0 Å². The van der Waals surface area contributed by atoms with Gasteiger partial charge in [0.05, 0.1) is 19.3 Å². The first-order valence-electron chi connectivity index (χ1n) is 2.92. The molecule has 0 saturated heterocycles. The molecule has 0 aromatic carbocycles. The molecular weight excluding hydrogens is 138 g/mol. The summed E-state index contributed by atoms with van der Waals surface area (Å²) in [6.45, 7) is 5.63. The van der Waals surface area contributed by atoms with Gasteiger partial charge in [0.25, 0.3) is 0 Å². The molecule has 0 aliphatic heterocycles. The van der Waals surface area contributed by atoms with Crippen molar-refractivity contribution in [3.63, 3.8) is 0 Å². The molecular formula is C6H11ClNO+. The van der Waals surface area contributed by atoms with Crippen LogP contribution in [-0.4, -0.2) is 10.4 Å². The first kappa shape index (κ1) is 8.63. The van der Waals surface area contributed by atoms with Gasteiger partial charge in [0, 0.05) is 0 Å². The maximum Gasteiger partial charge on any atom is 0.152 e. The quantitative estimate of drug-likeness (QED) is 0.283. The van der Waals surface area contributed by atoms with Crippen LogP contribution in [0.1, 0.15) is 19.8 Å². The number of oxime groups is 1. The molecule has 1 atom stereocenters. The van der Waals surface area contributed by atoms with Crippen LogP contribution in [0.15, 0.2) is 5.16 Å². The van der Waals surface area contributed by atoms with Crippen molar-refractivity contribution in [2.75, 3.05) is 0 Å². The maximum absolute atomic E-state index is 8.20. The number of nitrogens with zero attached hydrogens (tertiary/aromatic N) is 1. The topological polar surface area (TPSA) is 32.6 Å². The average molecular weight is 149 g/mol. The summed E-state index contributed by atoms with van der Waals surface area (Å²) in [6.07, 6.45) is 1.55. The van der Waals surface area contributed by atoms with E-state index in [1.165, 1.54) is 0 Å². The maximum atomic E-state index is 8.20. The minimum absolute atomic E-state index is 0.122. The lowest BCUT2D eigenvalue weighted by atomic mass is 10.1. The highest BCUT2D eigenvalue weighted by atomic mass is 35.5. The van der Waals surface area contributed by atoms with Crippen molar-refractivity contribution in [1.82, 2.24) is 0 Å². The van der Waals surface area contributed by atoms with Crippen LogP contribution in [0.5, 0.6) is 0 Å². The van der Waals surface area contributed by atoms with E-state index >= 15 is 0 Å². The molecule has 0 bridgehead atoms. The van der Waals surface area contributed by atoms with Crippen LogP contribution < -0.4 is 0 Å². The van der Waals surface area contributed by atoms with Gasteiger partial charge in [0.1, 0.15) is 0 Å². The Kier molecular flexibility index (Phi) is 4.32. The molecule has 0 heterocycles. The summed E-state index contributed by atoms with van der Waals surface area (Å²) >= 11 is 5.49. The number of hydrogen-bond donors (Lipinski definition) is 1. The Bertz CT molecular complexity index is 99.2. The minimum Gasteiger partial charge on any atom is -0.410 e. The molecule has 0 rings (SSSR count). The Hall–Kier alpha value is -0.370. The van der Waals surface area contributed by atoms with Gasteiger partial charge in [0.15, 0.2) is 5.17 Å². The normalized spacial score (nSPS) is 15.6. The van der Waals surface area contributed by atoms with E-state index in [0.717, 1.165) is 6.42 Å². The van der Waals surface area contributed by atoms with Crippen molar-refractivity contribution >= 4 is 16.8 Å². The Morgan fingerprint density at radius 3 is 2.56 bits per heavy atom. The Balaban J connectivity index is 3.79. The molecule has 2 nitrogen and oxygen atoms in total.